The first-order chi connectivity index (χ1) is 10.7. The Morgan fingerprint density at radius 3 is 2.86 bits per heavy atom. The normalized spacial score (nSPS) is 17.2. The fourth-order valence-electron chi connectivity index (χ4n) is 3.03. The Balaban J connectivity index is 1.81. The van der Waals surface area contributed by atoms with Gasteiger partial charge in [-0.1, -0.05) is 37.1 Å². The minimum atomic E-state index is -0.0843. The van der Waals surface area contributed by atoms with Crippen molar-refractivity contribution in [1.29, 1.82) is 0 Å². The van der Waals surface area contributed by atoms with Gasteiger partial charge in [0, 0.05) is 25.0 Å². The molecule has 0 unspecified atom stereocenters. The minimum absolute atomic E-state index is 0.0843. The van der Waals surface area contributed by atoms with Gasteiger partial charge in [-0.25, -0.2) is 4.79 Å². The van der Waals surface area contributed by atoms with Crippen molar-refractivity contribution in [3.05, 3.63) is 53.3 Å². The summed E-state index contributed by atoms with van der Waals surface area (Å²) in [7, 11) is 0. The van der Waals surface area contributed by atoms with Gasteiger partial charge >= 0.3 is 6.03 Å². The van der Waals surface area contributed by atoms with Crippen LogP contribution in [-0.4, -0.2) is 22.0 Å². The quantitative estimate of drug-likeness (QED) is 0.887. The zero-order valence-corrected chi connectivity index (χ0v) is 13.4. The van der Waals surface area contributed by atoms with Gasteiger partial charge in [-0.3, -0.25) is 0 Å². The summed E-state index contributed by atoms with van der Waals surface area (Å²) in [5, 5.41) is 3.50. The van der Waals surface area contributed by atoms with E-state index >= 15 is 0 Å². The number of aromatic nitrogens is 1. The van der Waals surface area contributed by atoms with Crippen molar-refractivity contribution in [3.63, 3.8) is 0 Å². The molecule has 1 aromatic heterocycles. The third kappa shape index (κ3) is 2.83. The molecule has 2 amide bonds. The Hall–Kier alpha value is -1.94. The molecule has 1 N–H and O–H groups in total. The summed E-state index contributed by atoms with van der Waals surface area (Å²) in [4.78, 5) is 14.6. The standard InChI is InChI=1S/C17H20ClN3O/c1-2-6-16-15-9-5-10-20(15)11-12-21(16)17(22)19-14-8-4-3-7-13(14)18/h3-5,7-10,16H,2,6,11-12H2,1H3,(H,19,22)/t16-/m1/s1. The molecule has 116 valence electrons. The molecule has 5 heteroatoms. The molecular weight excluding hydrogens is 298 g/mol. The number of amides is 2. The van der Waals surface area contributed by atoms with Crippen LogP contribution >= 0.6 is 11.6 Å². The van der Waals surface area contributed by atoms with Gasteiger partial charge in [0.05, 0.1) is 16.8 Å². The van der Waals surface area contributed by atoms with Gasteiger partial charge in [-0.2, -0.15) is 0 Å². The van der Waals surface area contributed by atoms with Crippen LogP contribution in [-0.2, 0) is 6.54 Å². The topological polar surface area (TPSA) is 37.3 Å². The molecule has 1 aromatic carbocycles. The second-order valence-corrected chi connectivity index (χ2v) is 5.94. The molecule has 2 heterocycles. The van der Waals surface area contributed by atoms with Crippen molar-refractivity contribution in [3.8, 4) is 0 Å². The highest BCUT2D eigenvalue weighted by Crippen LogP contribution is 2.31. The second kappa shape index (κ2) is 6.44. The number of hydrogen-bond acceptors (Lipinski definition) is 1. The molecule has 0 spiro atoms. The van der Waals surface area contributed by atoms with E-state index < -0.39 is 0 Å². The maximum atomic E-state index is 12.7. The van der Waals surface area contributed by atoms with Crippen LogP contribution in [0.5, 0.6) is 0 Å². The molecule has 1 aliphatic rings. The van der Waals surface area contributed by atoms with E-state index in [2.05, 4.69) is 29.1 Å². The zero-order chi connectivity index (χ0) is 15.5. The summed E-state index contributed by atoms with van der Waals surface area (Å²) >= 11 is 6.13. The molecule has 1 atom stereocenters. The lowest BCUT2D eigenvalue weighted by molar-refractivity contribution is 0.163. The largest absolute Gasteiger partial charge is 0.348 e. The van der Waals surface area contributed by atoms with E-state index in [1.54, 1.807) is 6.07 Å². The summed E-state index contributed by atoms with van der Waals surface area (Å²) in [6.45, 7) is 3.69. The van der Waals surface area contributed by atoms with Gasteiger partial charge in [-0.05, 0) is 30.7 Å². The van der Waals surface area contributed by atoms with Gasteiger partial charge in [0.25, 0.3) is 0 Å². The summed E-state index contributed by atoms with van der Waals surface area (Å²) in [5.41, 5.74) is 1.87. The highest BCUT2D eigenvalue weighted by molar-refractivity contribution is 6.33. The summed E-state index contributed by atoms with van der Waals surface area (Å²) in [5.74, 6) is 0. The van der Waals surface area contributed by atoms with Crippen LogP contribution in [0.15, 0.2) is 42.6 Å². The fraction of sp³-hybridized carbons (Fsp3) is 0.353. The third-order valence-corrected chi connectivity index (χ3v) is 4.43. The van der Waals surface area contributed by atoms with E-state index in [9.17, 15) is 4.79 Å². The Bertz CT molecular complexity index is 667. The van der Waals surface area contributed by atoms with Crippen LogP contribution in [0.25, 0.3) is 0 Å². The number of nitrogens with zero attached hydrogens (tertiary/aromatic N) is 2. The third-order valence-electron chi connectivity index (χ3n) is 4.10. The molecule has 1 aliphatic heterocycles. The van der Waals surface area contributed by atoms with Crippen LogP contribution in [0, 0.1) is 0 Å². The smallest absolute Gasteiger partial charge is 0.322 e. The maximum Gasteiger partial charge on any atom is 0.322 e. The molecule has 0 fully saturated rings. The fourth-order valence-corrected chi connectivity index (χ4v) is 3.22. The van der Waals surface area contributed by atoms with E-state index in [1.807, 2.05) is 29.2 Å². The monoisotopic (exact) mass is 317 g/mol. The van der Waals surface area contributed by atoms with E-state index in [-0.39, 0.29) is 12.1 Å². The van der Waals surface area contributed by atoms with Crippen LogP contribution in [0.2, 0.25) is 5.02 Å². The van der Waals surface area contributed by atoms with Gasteiger partial charge in [0.15, 0.2) is 0 Å². The van der Waals surface area contributed by atoms with Gasteiger partial charge < -0.3 is 14.8 Å². The van der Waals surface area contributed by atoms with Crippen molar-refractivity contribution in [2.24, 2.45) is 0 Å². The van der Waals surface area contributed by atoms with E-state index in [0.717, 1.165) is 19.4 Å². The molecule has 0 bridgehead atoms. The number of urea groups is 1. The number of carbonyl (C=O) groups is 1. The van der Waals surface area contributed by atoms with Crippen molar-refractivity contribution in [2.45, 2.75) is 32.4 Å². The lowest BCUT2D eigenvalue weighted by atomic mass is 10.0. The van der Waals surface area contributed by atoms with Gasteiger partial charge in [0.1, 0.15) is 0 Å². The Morgan fingerprint density at radius 2 is 2.09 bits per heavy atom. The van der Waals surface area contributed by atoms with Crippen molar-refractivity contribution >= 4 is 23.3 Å². The number of benzene rings is 1. The highest BCUT2D eigenvalue weighted by atomic mass is 35.5. The number of halogens is 1. The SMILES string of the molecule is CCC[C@@H]1c2cccn2CCN1C(=O)Nc1ccccc1Cl. The van der Waals surface area contributed by atoms with Crippen molar-refractivity contribution in [1.82, 2.24) is 9.47 Å². The molecule has 2 aromatic rings. The molecule has 4 nitrogen and oxygen atoms in total. The number of rotatable bonds is 3. The number of fused-ring (bicyclic) bond motifs is 1. The van der Waals surface area contributed by atoms with E-state index in [1.165, 1.54) is 5.69 Å². The minimum Gasteiger partial charge on any atom is -0.348 e. The molecule has 0 saturated heterocycles. The number of carbonyl (C=O) groups excluding carboxylic acids is 1. The van der Waals surface area contributed by atoms with Crippen LogP contribution < -0.4 is 5.32 Å². The predicted octanol–water partition coefficient (Wildman–Crippen LogP) is 4.53. The predicted molar refractivity (Wildman–Crippen MR) is 89.3 cm³/mol. The lowest BCUT2D eigenvalue weighted by Crippen LogP contribution is -2.44. The van der Waals surface area contributed by atoms with E-state index in [0.29, 0.717) is 17.3 Å². The number of para-hydroxylation sites is 1. The lowest BCUT2D eigenvalue weighted by Gasteiger charge is -2.37. The van der Waals surface area contributed by atoms with E-state index in [4.69, 9.17) is 11.6 Å². The molecular formula is C17H20ClN3O. The summed E-state index contributed by atoms with van der Waals surface area (Å²) < 4.78 is 2.24. The highest BCUT2D eigenvalue weighted by Gasteiger charge is 2.30. The summed E-state index contributed by atoms with van der Waals surface area (Å²) in [6, 6.07) is 11.5. The zero-order valence-electron chi connectivity index (χ0n) is 12.6. The van der Waals surface area contributed by atoms with Crippen molar-refractivity contribution < 1.29 is 4.79 Å². The van der Waals surface area contributed by atoms with Gasteiger partial charge in [0.2, 0.25) is 0 Å². The first kappa shape index (κ1) is 15.0. The first-order valence-electron chi connectivity index (χ1n) is 7.68. The Morgan fingerprint density at radius 1 is 1.27 bits per heavy atom. The number of anilines is 1. The van der Waals surface area contributed by atoms with Crippen LogP contribution in [0.3, 0.4) is 0 Å². The Kier molecular flexibility index (Phi) is 4.39. The molecule has 0 radical (unpaired) electrons. The average molecular weight is 318 g/mol. The molecule has 0 saturated carbocycles. The second-order valence-electron chi connectivity index (χ2n) is 5.53. The van der Waals surface area contributed by atoms with Gasteiger partial charge in [-0.15, -0.1) is 0 Å². The number of hydrogen-bond donors (Lipinski definition) is 1. The van der Waals surface area contributed by atoms with Crippen LogP contribution in [0.1, 0.15) is 31.5 Å². The molecule has 3 rings (SSSR count). The van der Waals surface area contributed by atoms with Crippen LogP contribution in [0.4, 0.5) is 10.5 Å². The average Bonchev–Trinajstić information content (AvgIpc) is 2.99. The molecule has 0 aliphatic carbocycles. The van der Waals surface area contributed by atoms with Crippen molar-refractivity contribution in [2.75, 3.05) is 11.9 Å². The maximum absolute atomic E-state index is 12.7. The first-order valence-corrected chi connectivity index (χ1v) is 8.05. The Labute approximate surface area is 135 Å². The summed E-state index contributed by atoms with van der Waals surface area (Å²) in [6.07, 6.45) is 4.08. The molecule has 22 heavy (non-hydrogen) atoms. The number of nitrogens with one attached hydrogen (secondary N) is 1.